The van der Waals surface area contributed by atoms with Crippen molar-refractivity contribution in [1.82, 2.24) is 0 Å². The van der Waals surface area contributed by atoms with Crippen LogP contribution >= 0.6 is 0 Å². The van der Waals surface area contributed by atoms with Crippen LogP contribution in [0.4, 0.5) is 0 Å². The van der Waals surface area contributed by atoms with Crippen LogP contribution in [0.5, 0.6) is 0 Å². The van der Waals surface area contributed by atoms with Gasteiger partial charge in [0, 0.05) is 32.7 Å². The van der Waals surface area contributed by atoms with Crippen molar-refractivity contribution in [2.75, 3.05) is 0 Å². The second kappa shape index (κ2) is 45.4. The monoisotopic (exact) mass is 192 g/mol. The predicted octanol–water partition coefficient (Wildman–Crippen LogP) is 3.29. The van der Waals surface area contributed by atoms with Crippen LogP contribution in [0.2, 0.25) is 0 Å². The summed E-state index contributed by atoms with van der Waals surface area (Å²) in [6.07, 6.45) is 2.60. The molecule has 51 valence electrons. The number of hydrogen-bond acceptors (Lipinski definition) is 0. The molecule has 0 spiro atoms. The van der Waals surface area contributed by atoms with E-state index >= 15 is 0 Å². The molecular weight excluding hydrogens is 173 g/mol. The van der Waals surface area contributed by atoms with Gasteiger partial charge in [-0.2, -0.15) is 0 Å². The van der Waals surface area contributed by atoms with Gasteiger partial charge >= 0.3 is 0 Å². The third-order valence-corrected chi connectivity index (χ3v) is 0.236. The first-order valence-electron chi connectivity index (χ1n) is 1.45. The van der Waals surface area contributed by atoms with Gasteiger partial charge in [0.25, 0.3) is 0 Å². The second-order valence-electron chi connectivity index (χ2n) is 0.644. The quantitative estimate of drug-likeness (QED) is 0.559. The molecule has 0 heterocycles. The normalized spacial score (nSPS) is 3.12. The van der Waals surface area contributed by atoms with Crippen molar-refractivity contribution in [2.45, 2.75) is 35.6 Å². The third-order valence-electron chi connectivity index (χ3n) is 0.236. The molecule has 0 rings (SSSR count). The number of rotatable bonds is 1. The second-order valence-corrected chi connectivity index (χ2v) is 0.644. The van der Waals surface area contributed by atoms with E-state index in [0.717, 1.165) is 6.42 Å². The van der Waals surface area contributed by atoms with Crippen molar-refractivity contribution in [2.24, 2.45) is 0 Å². The van der Waals surface area contributed by atoms with Crippen LogP contribution in [0, 0.1) is 6.58 Å². The van der Waals surface area contributed by atoms with Gasteiger partial charge in [-0.15, -0.1) is 0 Å². The zero-order chi connectivity index (χ0) is 3.41. The van der Waals surface area contributed by atoms with E-state index in [0.29, 0.717) is 0 Å². The van der Waals surface area contributed by atoms with Crippen LogP contribution < -0.4 is 0 Å². The summed E-state index contributed by atoms with van der Waals surface area (Å²) in [6, 6.07) is 0. The smallest absolute Gasteiger partial charge is 0 e. The predicted molar refractivity (Wildman–Crippen MR) is 39.4 cm³/mol. The molecule has 0 fully saturated rings. The molecule has 0 unspecified atom stereocenters. The van der Waals surface area contributed by atoms with Gasteiger partial charge in [0.05, 0.1) is 0 Å². The Kier molecular flexibility index (Phi) is 209. The molecular formula is C7H19Y-. The molecule has 0 N–H and O–H groups in total. The largest absolute Gasteiger partial charge is 0.518 e. The molecule has 0 saturated heterocycles. The Morgan fingerprint density at radius 1 is 1.25 bits per heavy atom. The summed E-state index contributed by atoms with van der Waals surface area (Å²) in [5, 5.41) is 0. The van der Waals surface area contributed by atoms with E-state index in [1.165, 1.54) is 0 Å². The summed E-state index contributed by atoms with van der Waals surface area (Å²) >= 11 is 0. The average molecular weight is 192 g/mol. The molecule has 0 aromatic carbocycles. The minimum Gasteiger partial charge on any atom is -0.518 e. The van der Waals surface area contributed by atoms with Crippen LogP contribution in [0.1, 0.15) is 35.6 Å². The summed E-state index contributed by atoms with van der Waals surface area (Å²) < 4.78 is 0. The zero-order valence-electron chi connectivity index (χ0n) is 3.44. The molecule has 0 aliphatic rings. The van der Waals surface area contributed by atoms with Gasteiger partial charge in [-0.3, -0.25) is 6.08 Å². The van der Waals surface area contributed by atoms with E-state index in [4.69, 9.17) is 6.58 Å². The molecule has 0 saturated carbocycles. The Morgan fingerprint density at radius 3 is 1.38 bits per heavy atom. The maximum atomic E-state index is 4.90. The SMILES string of the molecule is C.C.C.[CH-]=CCC.[Y]. The van der Waals surface area contributed by atoms with Gasteiger partial charge in [0.1, 0.15) is 0 Å². The van der Waals surface area contributed by atoms with Crippen LogP contribution in [-0.2, 0) is 32.7 Å². The van der Waals surface area contributed by atoms with Gasteiger partial charge in [-0.1, -0.05) is 35.6 Å². The molecule has 0 aliphatic heterocycles. The first-order chi connectivity index (χ1) is 1.91. The van der Waals surface area contributed by atoms with E-state index in [1.54, 1.807) is 6.08 Å². The Balaban J connectivity index is -0.00000000750. The summed E-state index contributed by atoms with van der Waals surface area (Å²) in [5.74, 6) is 0. The van der Waals surface area contributed by atoms with Crippen LogP contribution in [0.25, 0.3) is 0 Å². The first-order valence-corrected chi connectivity index (χ1v) is 1.45. The van der Waals surface area contributed by atoms with Crippen molar-refractivity contribution in [1.29, 1.82) is 0 Å². The van der Waals surface area contributed by atoms with E-state index in [1.807, 2.05) is 6.92 Å². The Bertz CT molecular complexity index is 18.3. The summed E-state index contributed by atoms with van der Waals surface area (Å²) in [4.78, 5) is 0. The van der Waals surface area contributed by atoms with Crippen molar-refractivity contribution < 1.29 is 32.7 Å². The maximum absolute atomic E-state index is 4.90. The van der Waals surface area contributed by atoms with Gasteiger partial charge in [0.15, 0.2) is 0 Å². The summed E-state index contributed by atoms with van der Waals surface area (Å²) in [6.45, 7) is 6.90. The molecule has 0 aromatic rings. The van der Waals surface area contributed by atoms with E-state index in [-0.39, 0.29) is 55.0 Å². The minimum absolute atomic E-state index is 0. The molecule has 0 bridgehead atoms. The van der Waals surface area contributed by atoms with Gasteiger partial charge in [-0.05, 0) is 0 Å². The zero-order valence-corrected chi connectivity index (χ0v) is 6.28. The Hall–Kier alpha value is 0.844. The van der Waals surface area contributed by atoms with Crippen molar-refractivity contribution in [3.8, 4) is 0 Å². The van der Waals surface area contributed by atoms with E-state index in [9.17, 15) is 0 Å². The van der Waals surface area contributed by atoms with Gasteiger partial charge < -0.3 is 6.58 Å². The average Bonchev–Trinajstić information content (AvgIpc) is 1.37. The molecule has 1 heteroatoms. The Morgan fingerprint density at radius 2 is 1.38 bits per heavy atom. The molecule has 0 nitrogen and oxygen atoms in total. The van der Waals surface area contributed by atoms with Crippen LogP contribution in [0.3, 0.4) is 0 Å². The molecule has 0 aromatic heterocycles. The standard InChI is InChI=1S/C4H7.3CH4.Y/c1-3-4-2;;;;/h1,3H,4H2,2H3;3*1H4;/q-1;;;;. The van der Waals surface area contributed by atoms with Crippen molar-refractivity contribution >= 4 is 0 Å². The fraction of sp³-hybridized carbons (Fsp3) is 0.714. The number of hydrogen-bond donors (Lipinski definition) is 0. The molecule has 1 radical (unpaired) electrons. The molecule has 0 atom stereocenters. The molecule has 0 aliphatic carbocycles. The summed E-state index contributed by atoms with van der Waals surface area (Å²) in [5.41, 5.74) is 0. The van der Waals surface area contributed by atoms with E-state index in [2.05, 4.69) is 0 Å². The summed E-state index contributed by atoms with van der Waals surface area (Å²) in [7, 11) is 0. The van der Waals surface area contributed by atoms with E-state index < -0.39 is 0 Å². The fourth-order valence-corrected chi connectivity index (χ4v) is 0. The van der Waals surface area contributed by atoms with Crippen LogP contribution in [-0.4, -0.2) is 0 Å². The third kappa shape index (κ3) is 68.7. The fourth-order valence-electron chi connectivity index (χ4n) is 0. The van der Waals surface area contributed by atoms with Gasteiger partial charge in [0.2, 0.25) is 0 Å². The maximum Gasteiger partial charge on any atom is 0 e. The molecule has 8 heavy (non-hydrogen) atoms. The minimum atomic E-state index is 0. The molecule has 0 amide bonds. The number of allylic oxidation sites excluding steroid dienone is 1. The first kappa shape index (κ1) is 36.8. The van der Waals surface area contributed by atoms with Crippen molar-refractivity contribution in [3.63, 3.8) is 0 Å². The van der Waals surface area contributed by atoms with Crippen LogP contribution in [0.15, 0.2) is 6.08 Å². The van der Waals surface area contributed by atoms with Crippen molar-refractivity contribution in [3.05, 3.63) is 12.7 Å². The Labute approximate surface area is 80.6 Å². The topological polar surface area (TPSA) is 0 Å². The van der Waals surface area contributed by atoms with Gasteiger partial charge in [-0.25, -0.2) is 0 Å².